The van der Waals surface area contributed by atoms with Crippen LogP contribution in [0, 0.1) is 17.8 Å². The summed E-state index contributed by atoms with van der Waals surface area (Å²) >= 11 is 0. The van der Waals surface area contributed by atoms with Gasteiger partial charge in [-0.2, -0.15) is 9.12 Å². The lowest BCUT2D eigenvalue weighted by Crippen LogP contribution is -2.10. The Hall–Kier alpha value is 0.455. The van der Waals surface area contributed by atoms with Gasteiger partial charge in [-0.15, -0.1) is 0 Å². The summed E-state index contributed by atoms with van der Waals surface area (Å²) in [7, 11) is 6.33. The van der Waals surface area contributed by atoms with E-state index in [4.69, 9.17) is 0 Å². The summed E-state index contributed by atoms with van der Waals surface area (Å²) in [4.78, 5) is 0. The van der Waals surface area contributed by atoms with Crippen molar-refractivity contribution in [1.29, 1.82) is 0 Å². The Kier molecular flexibility index (Phi) is 39.3. The van der Waals surface area contributed by atoms with E-state index in [2.05, 4.69) is 42.2 Å². The topological polar surface area (TPSA) is 35.0 Å². The molecule has 3 atom stereocenters. The summed E-state index contributed by atoms with van der Waals surface area (Å²) in [5.74, 6) is 2.88. The third-order valence-electron chi connectivity index (χ3n) is 3.83. The molecular weight excluding hydrogens is 248 g/mol. The highest BCUT2D eigenvalue weighted by Gasteiger charge is 2.14. The van der Waals surface area contributed by atoms with Crippen molar-refractivity contribution in [3.8, 4) is 0 Å². The fraction of sp³-hybridized carbons (Fsp3) is 1.00. The van der Waals surface area contributed by atoms with E-state index >= 15 is 0 Å². The molecule has 0 saturated carbocycles. The minimum absolute atomic E-state index is 0. The molecule has 0 aliphatic carbocycles. The fourth-order valence-electron chi connectivity index (χ4n) is 2.26. The predicted molar refractivity (Wildman–Crippen MR) is 100 cm³/mol. The summed E-state index contributed by atoms with van der Waals surface area (Å²) in [6, 6.07) is 0. The van der Waals surface area contributed by atoms with E-state index in [1.165, 1.54) is 38.5 Å². The van der Waals surface area contributed by atoms with E-state index in [1.54, 1.807) is 0 Å². The molecule has 0 rings (SSSR count). The van der Waals surface area contributed by atoms with Gasteiger partial charge in [0.2, 0.25) is 0 Å². The van der Waals surface area contributed by atoms with E-state index < -0.39 is 0 Å². The van der Waals surface area contributed by atoms with Crippen LogP contribution in [0.2, 0.25) is 0 Å². The van der Waals surface area contributed by atoms with E-state index in [-0.39, 0.29) is 21.0 Å². The third kappa shape index (κ3) is 18.5. The molecule has 3 N–H and O–H groups in total. The minimum atomic E-state index is 0. The zero-order valence-electron chi connectivity index (χ0n) is 12.8. The number of hydrogen-bond acceptors (Lipinski definition) is 1. The molecule has 0 fully saturated rings. The quantitative estimate of drug-likeness (QED) is 0.394. The first-order valence-corrected chi connectivity index (χ1v) is 7.67. The Labute approximate surface area is 129 Å². The highest BCUT2D eigenvalue weighted by atomic mass is 31.0. The number of hydrogen-bond donors (Lipinski definition) is 1. The Balaban J connectivity index is -0.000000124. The van der Waals surface area contributed by atoms with Crippen molar-refractivity contribution in [2.45, 2.75) is 88.0 Å². The summed E-state index contributed by atoms with van der Waals surface area (Å²) in [6.07, 6.45) is 8.37. The smallest absolute Gasteiger partial charge is 0.0996 e. The van der Waals surface area contributed by atoms with E-state index in [1.807, 2.05) is 9.12 Å². The van der Waals surface area contributed by atoms with Gasteiger partial charge in [0, 0.05) is 0 Å². The zero-order chi connectivity index (χ0) is 13.0. The van der Waals surface area contributed by atoms with Crippen LogP contribution in [0.1, 0.15) is 88.0 Å². The van der Waals surface area contributed by atoms with Crippen molar-refractivity contribution in [1.82, 2.24) is 6.15 Å². The summed E-state index contributed by atoms with van der Waals surface area (Å²) in [6.45, 7) is 11.7. The molecule has 0 amide bonds. The average Bonchev–Trinajstić information content (AvgIpc) is 2.36. The minimum Gasteiger partial charge on any atom is -0.344 e. The maximum Gasteiger partial charge on any atom is 0.0996 e. The van der Waals surface area contributed by atoms with Crippen molar-refractivity contribution in [2.24, 2.45) is 17.8 Å². The van der Waals surface area contributed by atoms with Crippen LogP contribution in [-0.2, 0) is 0 Å². The standard InChI is InChI=1S/C14H30.2CH4.BH2P.H3N/c1-6-12(5)10-14(9-4)11-13(7-2)8-3;;;1-2;/h12-14H,6-11H2,1-5H3;2*1H4;2H2;1H3. The van der Waals surface area contributed by atoms with Gasteiger partial charge in [0.25, 0.3) is 0 Å². The molecule has 0 aromatic carbocycles. The first-order valence-electron chi connectivity index (χ1n) is 7.01. The Bertz CT molecular complexity index is 130. The lowest BCUT2D eigenvalue weighted by atomic mass is 9.83. The molecule has 0 aliphatic heterocycles. The molecule has 19 heavy (non-hydrogen) atoms. The highest BCUT2D eigenvalue weighted by molar-refractivity contribution is 7.49. The van der Waals surface area contributed by atoms with Crippen LogP contribution < -0.4 is 6.15 Å². The van der Waals surface area contributed by atoms with Crippen molar-refractivity contribution < 1.29 is 0 Å². The molecular formula is C16H43BNP. The van der Waals surface area contributed by atoms with Gasteiger partial charge in [0.15, 0.2) is 0 Å². The third-order valence-corrected chi connectivity index (χ3v) is 3.83. The van der Waals surface area contributed by atoms with Crippen LogP contribution in [0.5, 0.6) is 0 Å². The summed E-state index contributed by atoms with van der Waals surface area (Å²) < 4.78 is 0. The summed E-state index contributed by atoms with van der Waals surface area (Å²) in [5, 5.41) is 0. The zero-order valence-corrected chi connectivity index (χ0v) is 14.0. The van der Waals surface area contributed by atoms with Gasteiger partial charge < -0.3 is 6.15 Å². The lowest BCUT2D eigenvalue weighted by Gasteiger charge is -2.23. The molecule has 3 heteroatoms. The Morgan fingerprint density at radius 2 is 1.11 bits per heavy atom. The van der Waals surface area contributed by atoms with Crippen molar-refractivity contribution in [3.63, 3.8) is 0 Å². The molecule has 1 nitrogen and oxygen atoms in total. The van der Waals surface area contributed by atoms with Crippen LogP contribution in [0.25, 0.3) is 0 Å². The maximum atomic E-state index is 4.42. The average molecular weight is 291 g/mol. The second kappa shape index (κ2) is 23.5. The Morgan fingerprint density at radius 1 is 0.737 bits per heavy atom. The van der Waals surface area contributed by atoms with E-state index in [9.17, 15) is 0 Å². The molecule has 120 valence electrons. The molecule has 0 saturated heterocycles. The first-order chi connectivity index (χ1) is 7.67. The predicted octanol–water partition coefficient (Wildman–Crippen LogP) is 6.65. The van der Waals surface area contributed by atoms with Crippen LogP contribution >= 0.6 is 9.12 Å². The fourth-order valence-corrected chi connectivity index (χ4v) is 2.26. The number of rotatable bonds is 8. The van der Waals surface area contributed by atoms with Gasteiger partial charge >= 0.3 is 0 Å². The van der Waals surface area contributed by atoms with Crippen molar-refractivity contribution in [3.05, 3.63) is 0 Å². The molecule has 2 radical (unpaired) electrons. The van der Waals surface area contributed by atoms with E-state index in [0.29, 0.717) is 0 Å². The molecule has 0 aromatic heterocycles. The molecule has 0 aromatic rings. The normalized spacial score (nSPS) is 11.9. The van der Waals surface area contributed by atoms with Crippen LogP contribution in [0.15, 0.2) is 0 Å². The molecule has 0 aliphatic rings. The van der Waals surface area contributed by atoms with Gasteiger partial charge in [-0.25, -0.2) is 0 Å². The second-order valence-corrected chi connectivity index (χ2v) is 4.94. The first kappa shape index (κ1) is 31.7. The second-order valence-electron chi connectivity index (χ2n) is 4.94. The largest absolute Gasteiger partial charge is 0.344 e. The van der Waals surface area contributed by atoms with Gasteiger partial charge in [0.1, 0.15) is 0 Å². The van der Waals surface area contributed by atoms with Crippen LogP contribution in [0.4, 0.5) is 0 Å². The highest BCUT2D eigenvalue weighted by Crippen LogP contribution is 2.27. The lowest BCUT2D eigenvalue weighted by molar-refractivity contribution is 0.291. The van der Waals surface area contributed by atoms with Gasteiger partial charge in [-0.3, -0.25) is 0 Å². The van der Waals surface area contributed by atoms with Crippen molar-refractivity contribution >= 4 is 16.7 Å². The van der Waals surface area contributed by atoms with Crippen LogP contribution in [0.3, 0.4) is 0 Å². The molecule has 0 bridgehead atoms. The monoisotopic (exact) mass is 291 g/mol. The molecule has 0 heterocycles. The van der Waals surface area contributed by atoms with Gasteiger partial charge in [0.05, 0.1) is 7.57 Å². The van der Waals surface area contributed by atoms with Crippen molar-refractivity contribution in [2.75, 3.05) is 0 Å². The van der Waals surface area contributed by atoms with Gasteiger partial charge in [-0.1, -0.05) is 75.2 Å². The molecule has 3 unspecified atom stereocenters. The SMILES string of the molecule is C.C.CCC(C)CC(CC)CC(CC)CC.N.[B]P. The molecule has 0 spiro atoms. The van der Waals surface area contributed by atoms with Gasteiger partial charge in [-0.05, 0) is 30.6 Å². The van der Waals surface area contributed by atoms with Crippen LogP contribution in [-0.4, -0.2) is 7.57 Å². The Morgan fingerprint density at radius 3 is 1.37 bits per heavy atom. The maximum absolute atomic E-state index is 4.42. The van der Waals surface area contributed by atoms with E-state index in [0.717, 1.165) is 17.8 Å². The summed E-state index contributed by atoms with van der Waals surface area (Å²) in [5.41, 5.74) is 0.